The second kappa shape index (κ2) is 43.3. The molecule has 5 amide bonds. The molecule has 49 nitrogen and oxygen atoms in total. The Bertz CT molecular complexity index is 6890. The van der Waals surface area contributed by atoms with E-state index in [2.05, 4.69) is 161 Å². The van der Waals surface area contributed by atoms with E-state index in [1.807, 2.05) is 42.0 Å². The second-order valence-electron chi connectivity index (χ2n) is 33.3. The van der Waals surface area contributed by atoms with Crippen molar-refractivity contribution < 1.29 is 78.4 Å². The van der Waals surface area contributed by atoms with E-state index in [9.17, 15) is 54.7 Å². The number of aromatic nitrogens is 25. The molecule has 4 fully saturated rings. The molecule has 141 heavy (non-hydrogen) atoms. The van der Waals surface area contributed by atoms with Crippen molar-refractivity contribution in [1.29, 1.82) is 0 Å². The summed E-state index contributed by atoms with van der Waals surface area (Å²) in [4.78, 5) is 132. The molecule has 56 heteroatoms. The van der Waals surface area contributed by atoms with Crippen LogP contribution in [0, 0.1) is 23.3 Å². The lowest BCUT2D eigenvalue weighted by atomic mass is 9.92. The normalized spacial score (nSPS) is 17.1. The molecule has 19 rings (SSSR count). The third kappa shape index (κ3) is 23.9. The highest BCUT2D eigenvalue weighted by Gasteiger charge is 2.37. The zero-order chi connectivity index (χ0) is 100. The maximum atomic E-state index is 13.4. The van der Waals surface area contributed by atoms with Gasteiger partial charge in [-0.25, -0.2) is 90.0 Å². The third-order valence-corrected chi connectivity index (χ3v) is 22.3. The van der Waals surface area contributed by atoms with E-state index in [4.69, 9.17) is 52.4 Å². The fourth-order valence-corrected chi connectivity index (χ4v) is 15.5. The Morgan fingerprint density at radius 2 is 0.645 bits per heavy atom. The maximum Gasteiger partial charge on any atom is 0.433 e. The number of likely N-dealkylation sites (tertiary alicyclic amines) is 2. The summed E-state index contributed by atoms with van der Waals surface area (Å²) in [5, 5.41) is 32.8. The maximum absolute atomic E-state index is 13.4. The molecule has 2 atom stereocenters. The van der Waals surface area contributed by atoms with Crippen LogP contribution in [0.15, 0.2) is 124 Å². The van der Waals surface area contributed by atoms with Gasteiger partial charge < -0.3 is 98.5 Å². The van der Waals surface area contributed by atoms with Gasteiger partial charge in [0.05, 0.1) is 86.7 Å². The van der Waals surface area contributed by atoms with Crippen molar-refractivity contribution in [2.24, 2.45) is 0 Å². The molecule has 4 aliphatic rings. The van der Waals surface area contributed by atoms with Gasteiger partial charge in [0.2, 0.25) is 29.4 Å². The van der Waals surface area contributed by atoms with E-state index >= 15 is 0 Å². The van der Waals surface area contributed by atoms with Crippen molar-refractivity contribution in [3.63, 3.8) is 0 Å². The zero-order valence-electron chi connectivity index (χ0n) is 76.6. The van der Waals surface area contributed by atoms with Crippen LogP contribution in [0.1, 0.15) is 136 Å². The van der Waals surface area contributed by atoms with Gasteiger partial charge in [-0.1, -0.05) is 0 Å². The van der Waals surface area contributed by atoms with Gasteiger partial charge in [-0.15, -0.1) is 25.5 Å². The van der Waals surface area contributed by atoms with Crippen molar-refractivity contribution in [1.82, 2.24) is 142 Å². The molecule has 2 aliphatic heterocycles. The highest BCUT2D eigenvalue weighted by atomic mass is 19.4. The number of nitrogens with one attached hydrogen (secondary N) is 5. The quantitative estimate of drug-likeness (QED) is 0.0312. The van der Waals surface area contributed by atoms with Gasteiger partial charge in [0.15, 0.2) is 80.6 Å². The number of amides is 5. The minimum Gasteiger partial charge on any atom is -0.473 e. The van der Waals surface area contributed by atoms with Crippen molar-refractivity contribution in [3.05, 3.63) is 181 Å². The third-order valence-electron chi connectivity index (χ3n) is 22.3. The number of hydrogen-bond acceptors (Lipinski definition) is 39. The lowest BCUT2D eigenvalue weighted by Crippen LogP contribution is -2.35. The first-order valence-electron chi connectivity index (χ1n) is 43.5. The Labute approximate surface area is 794 Å². The minimum absolute atomic E-state index is 0.0124. The van der Waals surface area contributed by atoms with Crippen LogP contribution in [0.5, 0.6) is 29.4 Å². The van der Waals surface area contributed by atoms with Crippen molar-refractivity contribution in [2.75, 3.05) is 124 Å². The summed E-state index contributed by atoms with van der Waals surface area (Å²) in [7, 11) is 12.3. The SMILES string of the molecule is CC(C)Oc1ncncc1NC(=O)c1c(N)nn2cc(F)cnc12.CN(C)C1CCC(Oc2ncncc2NC(=O)c2c(N)nn3cc(F)cnc23)CC1.CN(C)C1CCC(Oc2ncncc2NC(=O)c2c(N)nn3ccc(C(F)(F)F)nc23)CC1.CN1CC[C@@H](Oc2ncncc2NC(=O)c2c(N)nn3cc(F)cnc23)C1.CN1CC[C@H](Oc2ncncc2NC(=O)c2c(N)nn3cc(F)cnc23)C1. The Morgan fingerprint density at radius 3 is 0.915 bits per heavy atom. The van der Waals surface area contributed by atoms with Crippen LogP contribution >= 0.6 is 0 Å². The van der Waals surface area contributed by atoms with Gasteiger partial charge in [-0.05, 0) is 126 Å². The first-order valence-corrected chi connectivity index (χ1v) is 43.5. The summed E-state index contributed by atoms with van der Waals surface area (Å²) in [5.41, 5.74) is 29.4. The first kappa shape index (κ1) is 98.7. The number of nitrogens with two attached hydrogens (primary N) is 5. The van der Waals surface area contributed by atoms with E-state index in [0.29, 0.717) is 35.0 Å². The van der Waals surface area contributed by atoms with Gasteiger partial charge >= 0.3 is 6.18 Å². The molecule has 0 aromatic carbocycles. The molecule has 2 aliphatic carbocycles. The monoisotopic (exact) mass is 1950 g/mol. The molecule has 15 aromatic heterocycles. The van der Waals surface area contributed by atoms with Gasteiger partial charge in [-0.2, -0.15) is 38.1 Å². The lowest BCUT2D eigenvalue weighted by molar-refractivity contribution is -0.141. The van der Waals surface area contributed by atoms with Crippen LogP contribution in [0.4, 0.5) is 88.3 Å². The summed E-state index contributed by atoms with van der Waals surface area (Å²) >= 11 is 0. The second-order valence-corrected chi connectivity index (χ2v) is 33.3. The molecule has 0 spiro atoms. The van der Waals surface area contributed by atoms with E-state index in [1.165, 1.54) is 62.6 Å². The largest absolute Gasteiger partial charge is 0.473 e. The number of likely N-dealkylation sites (N-methyl/N-ethyl adjacent to an activating group) is 2. The molecular weight excluding hydrogens is 1860 g/mol. The standard InChI is InChI=1S/C20H23F3N8O2.C19H23FN8O2.2C16H17FN8O2.C14H14FN7O2/c1-30(2)11-3-5-12(6-4-11)33-19-13(9-25-10-26-19)27-18(32)15-16(24)29-31-8-7-14(20(21,22)23)28-17(15)31;1-27(2)12-3-5-13(6-4-12)30-19-14(8-22-10-24-19)25-18(29)15-16(21)26-28-9-11(20)7-23-17(15)28;2*1-24-3-2-10(7-24)27-16-11(5-19-8-21-16)22-15(26)12-13(18)23-25-6-9(17)4-20-14(12)25;1-7(2)24-14-9(4-17-6-19-14)20-13(23)10-11(16)21-22-5-8(15)3-18-12(10)22/h7-12H,3-6H2,1-2H3,(H2,24,29)(H,27,32);7-10,12-13H,3-6H2,1-2H3,(H2,21,26)(H,25,29);2*4-6,8,10H,2-3,7H2,1H3,(H2,18,23)(H,22,26);3-7H,1-2H3,(H2,16,21)(H,20,23)/t;;2*10-;/m..10./s1. The molecule has 0 bridgehead atoms. The lowest BCUT2D eigenvalue weighted by Gasteiger charge is -2.32. The van der Waals surface area contributed by atoms with Crippen LogP contribution in [0.3, 0.4) is 0 Å². The number of anilines is 10. The number of ether oxygens (including phenoxy) is 5. The topological polar surface area (TPSA) is 615 Å². The van der Waals surface area contributed by atoms with Crippen molar-refractivity contribution >= 4 is 115 Å². The summed E-state index contributed by atoms with van der Waals surface area (Å²) < 4.78 is 127. The average molecular weight is 1950 g/mol. The minimum atomic E-state index is -4.69. The van der Waals surface area contributed by atoms with Gasteiger partial charge in [0.25, 0.3) is 29.5 Å². The van der Waals surface area contributed by atoms with Crippen molar-refractivity contribution in [2.45, 2.75) is 127 Å². The van der Waals surface area contributed by atoms with Crippen LogP contribution in [-0.2, 0) is 6.18 Å². The molecule has 15 aromatic rings. The van der Waals surface area contributed by atoms with E-state index in [1.54, 1.807) is 0 Å². The molecule has 2 saturated heterocycles. The fourth-order valence-electron chi connectivity index (χ4n) is 15.5. The molecular formula is C85H94F7N39O10. The smallest absolute Gasteiger partial charge is 0.433 e. The highest BCUT2D eigenvalue weighted by Crippen LogP contribution is 2.36. The van der Waals surface area contributed by atoms with Crippen LogP contribution in [0.2, 0.25) is 0 Å². The molecule has 15 N–H and O–H groups in total. The van der Waals surface area contributed by atoms with Gasteiger partial charge in [0, 0.05) is 44.5 Å². The number of alkyl halides is 3. The number of carbonyl (C=O) groups is 5. The molecule has 0 unspecified atom stereocenters. The van der Waals surface area contributed by atoms with Gasteiger partial charge in [0.1, 0.15) is 118 Å². The Hall–Kier alpha value is -16.8. The summed E-state index contributed by atoms with van der Waals surface area (Å²) in [6.07, 6.45) is 27.3. The Morgan fingerprint density at radius 1 is 0.376 bits per heavy atom. The van der Waals surface area contributed by atoms with E-state index in [-0.39, 0.29) is 151 Å². The average Bonchev–Trinajstić information content (AvgIpc) is 1.60. The fraction of sp³-hybridized carbons (Fsp3) is 0.353. The number of hydrogen-bond donors (Lipinski definition) is 10. The number of fused-ring (bicyclic) bond motifs is 5. The number of carbonyl (C=O) groups excluding carboxylic acids is 5. The van der Waals surface area contributed by atoms with E-state index < -0.39 is 64.7 Å². The first-order chi connectivity index (χ1) is 67.5. The molecule has 0 radical (unpaired) electrons. The van der Waals surface area contributed by atoms with Crippen LogP contribution in [0.25, 0.3) is 28.2 Å². The van der Waals surface area contributed by atoms with Crippen LogP contribution < -0.4 is 78.9 Å². The van der Waals surface area contributed by atoms with Crippen molar-refractivity contribution in [3.8, 4) is 29.4 Å². The molecule has 2 saturated carbocycles. The summed E-state index contributed by atoms with van der Waals surface area (Å²) in [6, 6.07) is 1.79. The zero-order valence-corrected chi connectivity index (χ0v) is 76.6. The predicted octanol–water partition coefficient (Wildman–Crippen LogP) is 6.80. The number of rotatable bonds is 22. The number of nitrogens with zero attached hydrogens (tertiary/aromatic N) is 29. The number of nitrogen functional groups attached to an aromatic ring is 5. The van der Waals surface area contributed by atoms with Crippen LogP contribution in [-0.4, -0.2) is 283 Å². The summed E-state index contributed by atoms with van der Waals surface area (Å²) in [5.74, 6) is -4.74. The molecule has 17 heterocycles. The predicted molar refractivity (Wildman–Crippen MR) is 491 cm³/mol. The Balaban J connectivity index is 0.000000134. The highest BCUT2D eigenvalue weighted by molar-refractivity contribution is 6.15. The van der Waals surface area contributed by atoms with E-state index in [0.717, 1.165) is 175 Å². The molecule has 738 valence electrons. The summed E-state index contributed by atoms with van der Waals surface area (Å²) in [6.45, 7) is 7.06. The Kier molecular flexibility index (Phi) is 30.3. The van der Waals surface area contributed by atoms with Gasteiger partial charge in [-0.3, -0.25) is 24.0 Å². The number of halogens is 7.